The van der Waals surface area contributed by atoms with E-state index in [9.17, 15) is 24.0 Å². The van der Waals surface area contributed by atoms with Gasteiger partial charge in [-0.2, -0.15) is 0 Å². The van der Waals surface area contributed by atoms with Crippen molar-refractivity contribution in [2.45, 2.75) is 84.0 Å². The molecule has 67 heavy (non-hydrogen) atoms. The Balaban J connectivity index is 0.000000199. The Kier molecular flexibility index (Phi) is 17.2. The van der Waals surface area contributed by atoms with Crippen LogP contribution in [0.25, 0.3) is 16.6 Å². The number of methoxy groups -OCH3 is 2. The van der Waals surface area contributed by atoms with Gasteiger partial charge in [-0.25, -0.2) is 4.98 Å². The lowest BCUT2D eigenvalue weighted by molar-refractivity contribution is -0.141. The number of ether oxygens (including phenoxy) is 2. The van der Waals surface area contributed by atoms with Gasteiger partial charge in [0.25, 0.3) is 17.7 Å². The van der Waals surface area contributed by atoms with Crippen LogP contribution in [0.4, 0.5) is 0 Å². The van der Waals surface area contributed by atoms with Crippen molar-refractivity contribution in [2.75, 3.05) is 66.6 Å². The Labute approximate surface area is 393 Å². The minimum absolute atomic E-state index is 0.00956. The van der Waals surface area contributed by atoms with Crippen molar-refractivity contribution in [1.82, 2.24) is 44.7 Å². The number of likely N-dealkylation sites (tertiary alicyclic amines) is 3. The van der Waals surface area contributed by atoms with E-state index in [0.29, 0.717) is 66.3 Å². The molecular weight excluding hydrogens is 851 g/mol. The molecule has 3 N–H and O–H groups in total. The fraction of sp³-hybridized carbons (Fsp3) is 0.510. The predicted molar refractivity (Wildman–Crippen MR) is 256 cm³/mol. The lowest BCUT2D eigenvalue weighted by atomic mass is 9.89. The second kappa shape index (κ2) is 23.8. The maximum atomic E-state index is 13.0. The van der Waals surface area contributed by atoms with Crippen molar-refractivity contribution < 1.29 is 33.4 Å². The smallest absolute Gasteiger partial charge is 0.267 e. The first-order valence-electron chi connectivity index (χ1n) is 24.1. The van der Waals surface area contributed by atoms with Gasteiger partial charge in [0.05, 0.1) is 25.3 Å². The van der Waals surface area contributed by atoms with Crippen LogP contribution >= 0.6 is 0 Å². The molecule has 3 aliphatic heterocycles. The van der Waals surface area contributed by atoms with Crippen LogP contribution in [-0.4, -0.2) is 130 Å². The normalized spacial score (nSPS) is 16.1. The number of rotatable bonds is 16. The van der Waals surface area contributed by atoms with Gasteiger partial charge in [-0.1, -0.05) is 31.7 Å². The molecule has 5 aromatic rings. The van der Waals surface area contributed by atoms with Crippen molar-refractivity contribution in [3.63, 3.8) is 0 Å². The van der Waals surface area contributed by atoms with Crippen molar-refractivity contribution in [2.24, 2.45) is 17.8 Å². The fourth-order valence-electron chi connectivity index (χ4n) is 9.66. The molecule has 0 saturated carbocycles. The molecule has 7 heterocycles. The van der Waals surface area contributed by atoms with E-state index in [1.165, 1.54) is 0 Å². The maximum absolute atomic E-state index is 13.0. The summed E-state index contributed by atoms with van der Waals surface area (Å²) < 4.78 is 12.6. The first kappa shape index (κ1) is 48.5. The summed E-state index contributed by atoms with van der Waals surface area (Å²) in [5.41, 5.74) is 3.49. The fourth-order valence-corrected chi connectivity index (χ4v) is 9.66. The van der Waals surface area contributed by atoms with E-state index in [1.54, 1.807) is 64.1 Å². The van der Waals surface area contributed by atoms with Crippen LogP contribution in [-0.2, 0) is 9.59 Å². The number of nitrogens with zero attached hydrogens (tertiary/aromatic N) is 6. The van der Waals surface area contributed by atoms with Crippen molar-refractivity contribution in [3.8, 4) is 11.5 Å². The van der Waals surface area contributed by atoms with E-state index in [2.05, 4.69) is 25.6 Å². The van der Waals surface area contributed by atoms with E-state index in [0.717, 1.165) is 120 Å². The third-order valence-electron chi connectivity index (χ3n) is 13.7. The van der Waals surface area contributed by atoms with E-state index < -0.39 is 0 Å². The molecule has 0 bridgehead atoms. The molecule has 8 rings (SSSR count). The summed E-state index contributed by atoms with van der Waals surface area (Å²) in [6.07, 6.45) is 20.8. The topological polar surface area (TPSA) is 184 Å². The Morgan fingerprint density at radius 1 is 0.731 bits per heavy atom. The number of hydrogen-bond donors (Lipinski definition) is 3. The number of carbonyl (C=O) groups is 5. The number of imidazole rings is 1. The number of benzene rings is 1. The molecule has 0 aliphatic carbocycles. The molecule has 0 unspecified atom stereocenters. The number of carbonyl (C=O) groups excluding carboxylic acids is 5. The van der Waals surface area contributed by atoms with Crippen molar-refractivity contribution in [3.05, 3.63) is 90.3 Å². The van der Waals surface area contributed by atoms with E-state index in [4.69, 9.17) is 9.47 Å². The van der Waals surface area contributed by atoms with Gasteiger partial charge in [-0.3, -0.25) is 29.0 Å². The van der Waals surface area contributed by atoms with E-state index in [-0.39, 0.29) is 35.5 Å². The molecule has 1 aromatic carbocycles. The van der Waals surface area contributed by atoms with Gasteiger partial charge in [-0.05, 0) is 99.6 Å². The van der Waals surface area contributed by atoms with Gasteiger partial charge in [0.15, 0.2) is 11.5 Å². The van der Waals surface area contributed by atoms with Crippen LogP contribution in [0.3, 0.4) is 0 Å². The van der Waals surface area contributed by atoms with Gasteiger partial charge in [-0.15, -0.1) is 0 Å². The standard InChI is InChI=1S/C26H32N4O4.C25H35N5O3/c1-33-23-8-5-7-20(24(23)34-2)26(32)30-14-10-18(11-15-30)6-3-4-12-28-25(31)22-16-19-17-27-13-9-21(19)29-22;1-19(31)28-15-9-21(10-16-28)25(33)29-13-7-20(8-14-29)4-2-3-11-27-24(32)22-5-6-23-26-12-17-30(23)18-22/h5,7-9,13,16-18,29H,3-4,6,10-12,14-15H2,1-2H3,(H,28,31);5-6,12,17-18,20-21H,2-4,7-11,13-16H2,1H3,(H,27,32). The molecule has 0 radical (unpaired) electrons. The summed E-state index contributed by atoms with van der Waals surface area (Å²) in [5, 5.41) is 6.94. The number of para-hydroxylation sites is 1. The zero-order valence-corrected chi connectivity index (χ0v) is 39.3. The molecule has 3 aliphatic rings. The van der Waals surface area contributed by atoms with E-state index in [1.807, 2.05) is 49.6 Å². The number of unbranched alkanes of at least 4 members (excludes halogenated alkanes) is 2. The minimum atomic E-state index is -0.0870. The lowest BCUT2D eigenvalue weighted by Gasteiger charge is -2.37. The van der Waals surface area contributed by atoms with Crippen molar-refractivity contribution >= 4 is 46.1 Å². The predicted octanol–water partition coefficient (Wildman–Crippen LogP) is 6.76. The average molecular weight is 918 g/mol. The quantitative estimate of drug-likeness (QED) is 0.0901. The first-order chi connectivity index (χ1) is 32.6. The van der Waals surface area contributed by atoms with Crippen LogP contribution in [0.5, 0.6) is 11.5 Å². The lowest BCUT2D eigenvalue weighted by Crippen LogP contribution is -2.46. The van der Waals surface area contributed by atoms with Crippen LogP contribution in [0.15, 0.2) is 73.4 Å². The number of aromatic nitrogens is 4. The van der Waals surface area contributed by atoms with Crippen LogP contribution in [0.1, 0.15) is 115 Å². The van der Waals surface area contributed by atoms with Gasteiger partial charge < -0.3 is 44.2 Å². The molecule has 3 saturated heterocycles. The summed E-state index contributed by atoms with van der Waals surface area (Å²) in [6, 6.07) is 12.7. The maximum Gasteiger partial charge on any atom is 0.267 e. The second-order valence-electron chi connectivity index (χ2n) is 18.1. The number of pyridine rings is 2. The number of nitrogens with one attached hydrogen (secondary N) is 3. The number of aromatic amines is 1. The largest absolute Gasteiger partial charge is 0.493 e. The molecule has 0 spiro atoms. The van der Waals surface area contributed by atoms with Gasteiger partial charge in [0, 0.05) is 107 Å². The molecule has 3 fully saturated rings. The number of amides is 5. The molecule has 5 amide bonds. The Morgan fingerprint density at radius 2 is 1.39 bits per heavy atom. The minimum Gasteiger partial charge on any atom is -0.493 e. The van der Waals surface area contributed by atoms with Crippen LogP contribution in [0.2, 0.25) is 0 Å². The summed E-state index contributed by atoms with van der Waals surface area (Å²) in [5.74, 6) is 2.65. The average Bonchev–Trinajstić information content (AvgIpc) is 4.04. The van der Waals surface area contributed by atoms with Crippen LogP contribution in [0, 0.1) is 17.8 Å². The number of hydrogen-bond acceptors (Lipinski definition) is 9. The Morgan fingerprint density at radius 3 is 2.03 bits per heavy atom. The molecule has 16 nitrogen and oxygen atoms in total. The Bertz CT molecular complexity index is 2410. The highest BCUT2D eigenvalue weighted by atomic mass is 16.5. The molecular formula is C51H67N9O7. The highest BCUT2D eigenvalue weighted by Crippen LogP contribution is 2.33. The summed E-state index contributed by atoms with van der Waals surface area (Å²) >= 11 is 0. The van der Waals surface area contributed by atoms with Gasteiger partial charge >= 0.3 is 0 Å². The number of H-pyrrole nitrogens is 1. The second-order valence-corrected chi connectivity index (χ2v) is 18.1. The Hall–Kier alpha value is -6.45. The molecule has 358 valence electrons. The number of piperidine rings is 3. The monoisotopic (exact) mass is 918 g/mol. The van der Waals surface area contributed by atoms with Crippen LogP contribution < -0.4 is 20.1 Å². The third kappa shape index (κ3) is 12.9. The first-order valence-corrected chi connectivity index (χ1v) is 24.1. The zero-order valence-electron chi connectivity index (χ0n) is 39.3. The summed E-state index contributed by atoms with van der Waals surface area (Å²) in [6.45, 7) is 7.53. The highest BCUT2D eigenvalue weighted by molar-refractivity contribution is 5.98. The summed E-state index contributed by atoms with van der Waals surface area (Å²) in [4.78, 5) is 79.3. The van der Waals surface area contributed by atoms with Gasteiger partial charge in [0.1, 0.15) is 11.3 Å². The SMILES string of the molecule is CC(=O)N1CCC(C(=O)N2CCC(CCCCNC(=O)c3ccc4nccn4c3)CC2)CC1.COc1cccc(C(=O)N2CCC(CCCCNC(=O)c3cc4cnccc4[nH]3)CC2)c1OC. The van der Waals surface area contributed by atoms with Crippen molar-refractivity contribution in [1.29, 1.82) is 0 Å². The molecule has 0 atom stereocenters. The van der Waals surface area contributed by atoms with Gasteiger partial charge in [0.2, 0.25) is 11.8 Å². The zero-order chi connectivity index (χ0) is 47.1. The molecule has 4 aromatic heterocycles. The number of fused-ring (bicyclic) bond motifs is 2. The molecule has 16 heteroatoms. The third-order valence-corrected chi connectivity index (χ3v) is 13.7. The summed E-state index contributed by atoms with van der Waals surface area (Å²) in [7, 11) is 3.13. The van der Waals surface area contributed by atoms with E-state index >= 15 is 0 Å². The highest BCUT2D eigenvalue weighted by Gasteiger charge is 2.32.